The molecule has 0 saturated carbocycles. The molecule has 0 aliphatic heterocycles. The molecular formula is C23H33BrClNO5. The topological polar surface area (TPSA) is 81.7 Å². The lowest BCUT2D eigenvalue weighted by Crippen LogP contribution is -2.53. The maximum absolute atomic E-state index is 13.0. The van der Waals surface area contributed by atoms with E-state index in [0.717, 1.165) is 39.2 Å². The minimum atomic E-state index is -2.30. The molecule has 0 aromatic heterocycles. The zero-order valence-electron chi connectivity index (χ0n) is 18.5. The van der Waals surface area contributed by atoms with E-state index < -0.39 is 28.3 Å². The third-order valence-corrected chi connectivity index (χ3v) is 6.11. The highest BCUT2D eigenvalue weighted by atomic mass is 79.9. The first kappa shape index (κ1) is 27.4. The molecule has 0 radical (unpaired) electrons. The summed E-state index contributed by atoms with van der Waals surface area (Å²) in [6.45, 7) is 4.02. The molecule has 3 atom stereocenters. The van der Waals surface area contributed by atoms with Gasteiger partial charge < -0.3 is 14.8 Å². The second-order valence-corrected chi connectivity index (χ2v) is 9.49. The standard InChI is InChI=1S/C23H33BrClNO5/c1-4-5-6-7-11-14-19(16-15-17(2)25)31-22(29)23(24,21(28)30-3)20(27)26-18-12-9-8-10-13-18/h8-10,12-13,17,19H,4-7,11,14-16H2,1-3H3,(H,26,27). The van der Waals surface area contributed by atoms with Gasteiger partial charge in [0.15, 0.2) is 0 Å². The number of methoxy groups -OCH3 is 1. The number of anilines is 1. The number of alkyl halides is 2. The fourth-order valence-corrected chi connectivity index (χ4v) is 3.51. The molecule has 1 rings (SSSR count). The summed E-state index contributed by atoms with van der Waals surface area (Å²) in [7, 11) is 1.11. The average molecular weight is 519 g/mol. The summed E-state index contributed by atoms with van der Waals surface area (Å²) in [5, 5.41) is 2.49. The van der Waals surface area contributed by atoms with Gasteiger partial charge in [-0.25, -0.2) is 9.59 Å². The van der Waals surface area contributed by atoms with Crippen molar-refractivity contribution < 1.29 is 23.9 Å². The lowest BCUT2D eigenvalue weighted by Gasteiger charge is -2.26. The van der Waals surface area contributed by atoms with Crippen LogP contribution in [0.1, 0.15) is 65.2 Å². The van der Waals surface area contributed by atoms with Crippen molar-refractivity contribution in [3.63, 3.8) is 0 Å². The van der Waals surface area contributed by atoms with Crippen LogP contribution in [0.15, 0.2) is 30.3 Å². The minimum absolute atomic E-state index is 0.0722. The zero-order chi connectivity index (χ0) is 23.3. The summed E-state index contributed by atoms with van der Waals surface area (Å²) in [5.41, 5.74) is 0.441. The summed E-state index contributed by atoms with van der Waals surface area (Å²) in [6, 6.07) is 8.53. The normalized spacial score (nSPS) is 14.7. The van der Waals surface area contributed by atoms with Gasteiger partial charge in [0.2, 0.25) is 0 Å². The molecule has 0 aliphatic carbocycles. The number of hydrogen-bond acceptors (Lipinski definition) is 5. The number of rotatable bonds is 14. The van der Waals surface area contributed by atoms with Crippen molar-refractivity contribution >= 4 is 51.1 Å². The van der Waals surface area contributed by atoms with Crippen molar-refractivity contribution in [2.45, 2.75) is 81.0 Å². The molecule has 0 saturated heterocycles. The predicted octanol–water partition coefficient (Wildman–Crippen LogP) is 5.61. The van der Waals surface area contributed by atoms with E-state index in [0.29, 0.717) is 24.9 Å². The van der Waals surface area contributed by atoms with E-state index in [4.69, 9.17) is 21.1 Å². The maximum atomic E-state index is 13.0. The van der Waals surface area contributed by atoms with Crippen LogP contribution in [0.25, 0.3) is 0 Å². The Labute approximate surface area is 198 Å². The van der Waals surface area contributed by atoms with Crippen LogP contribution in [-0.2, 0) is 23.9 Å². The quantitative estimate of drug-likeness (QED) is 0.150. The van der Waals surface area contributed by atoms with Gasteiger partial charge in [0.05, 0.1) is 7.11 Å². The van der Waals surface area contributed by atoms with E-state index in [1.165, 1.54) is 0 Å². The van der Waals surface area contributed by atoms with E-state index in [1.54, 1.807) is 30.3 Å². The molecule has 0 spiro atoms. The summed E-state index contributed by atoms with van der Waals surface area (Å²) in [5.74, 6) is -2.91. The van der Waals surface area contributed by atoms with Gasteiger partial charge in [0, 0.05) is 11.1 Å². The van der Waals surface area contributed by atoms with Crippen LogP contribution in [0.5, 0.6) is 0 Å². The molecule has 8 heteroatoms. The lowest BCUT2D eigenvalue weighted by molar-refractivity contribution is -0.162. The van der Waals surface area contributed by atoms with Crippen LogP contribution in [-0.4, -0.2) is 40.8 Å². The first-order valence-corrected chi connectivity index (χ1v) is 12.0. The SMILES string of the molecule is CCCCCCCC(CCC(C)Cl)OC(=O)C(Br)(C(=O)Nc1ccccc1)C(=O)OC. The molecule has 3 unspecified atom stereocenters. The zero-order valence-corrected chi connectivity index (χ0v) is 20.8. The molecule has 0 heterocycles. The number of ether oxygens (including phenoxy) is 2. The van der Waals surface area contributed by atoms with Gasteiger partial charge in [-0.2, -0.15) is 0 Å². The van der Waals surface area contributed by atoms with Gasteiger partial charge in [-0.3, -0.25) is 4.79 Å². The largest absolute Gasteiger partial charge is 0.467 e. The summed E-state index contributed by atoms with van der Waals surface area (Å²) >= 11 is 9.10. The highest BCUT2D eigenvalue weighted by Gasteiger charge is 2.54. The number of para-hydroxylation sites is 1. The Balaban J connectivity index is 2.92. The Kier molecular flexibility index (Phi) is 12.8. The van der Waals surface area contributed by atoms with Crippen molar-refractivity contribution in [2.24, 2.45) is 0 Å². The van der Waals surface area contributed by atoms with Gasteiger partial charge >= 0.3 is 11.9 Å². The highest BCUT2D eigenvalue weighted by Crippen LogP contribution is 2.27. The predicted molar refractivity (Wildman–Crippen MR) is 127 cm³/mol. The van der Waals surface area contributed by atoms with Gasteiger partial charge in [-0.1, -0.05) is 50.8 Å². The minimum Gasteiger partial charge on any atom is -0.467 e. The van der Waals surface area contributed by atoms with Crippen LogP contribution in [0.4, 0.5) is 5.69 Å². The van der Waals surface area contributed by atoms with Crippen molar-refractivity contribution in [1.29, 1.82) is 0 Å². The molecule has 31 heavy (non-hydrogen) atoms. The van der Waals surface area contributed by atoms with Gasteiger partial charge in [0.1, 0.15) is 6.10 Å². The van der Waals surface area contributed by atoms with Crippen molar-refractivity contribution in [3.8, 4) is 0 Å². The van der Waals surface area contributed by atoms with Crippen molar-refractivity contribution in [3.05, 3.63) is 30.3 Å². The maximum Gasteiger partial charge on any atom is 0.344 e. The second-order valence-electron chi connectivity index (χ2n) is 7.56. The Morgan fingerprint density at radius 2 is 1.68 bits per heavy atom. The molecule has 0 aliphatic rings. The summed E-state index contributed by atoms with van der Waals surface area (Å²) in [6.07, 6.45) is 6.74. The third-order valence-electron chi connectivity index (χ3n) is 4.88. The lowest BCUT2D eigenvalue weighted by atomic mass is 10.0. The number of unbranched alkanes of at least 4 members (excludes halogenated alkanes) is 4. The second kappa shape index (κ2) is 14.5. The van der Waals surface area contributed by atoms with E-state index in [-0.39, 0.29) is 5.38 Å². The Hall–Kier alpha value is -1.60. The number of carbonyl (C=O) groups excluding carboxylic acids is 3. The molecule has 174 valence electrons. The van der Waals surface area contributed by atoms with Crippen LogP contribution >= 0.6 is 27.5 Å². The Morgan fingerprint density at radius 3 is 2.26 bits per heavy atom. The summed E-state index contributed by atoms with van der Waals surface area (Å²) in [4.78, 5) is 38.3. The third kappa shape index (κ3) is 9.19. The smallest absolute Gasteiger partial charge is 0.344 e. The van der Waals surface area contributed by atoms with Gasteiger partial charge in [-0.05, 0) is 60.7 Å². The van der Waals surface area contributed by atoms with E-state index in [2.05, 4.69) is 28.2 Å². The van der Waals surface area contributed by atoms with Crippen molar-refractivity contribution in [1.82, 2.24) is 0 Å². The number of nitrogens with one attached hydrogen (secondary N) is 1. The van der Waals surface area contributed by atoms with E-state index in [9.17, 15) is 14.4 Å². The average Bonchev–Trinajstić information content (AvgIpc) is 2.76. The molecule has 6 nitrogen and oxygen atoms in total. The number of hydrogen-bond donors (Lipinski definition) is 1. The molecule has 1 aromatic rings. The van der Waals surface area contributed by atoms with Crippen LogP contribution in [0.2, 0.25) is 0 Å². The highest BCUT2D eigenvalue weighted by molar-refractivity contribution is 9.11. The number of benzene rings is 1. The van der Waals surface area contributed by atoms with Crippen molar-refractivity contribution in [2.75, 3.05) is 12.4 Å². The molecule has 1 aromatic carbocycles. The monoisotopic (exact) mass is 517 g/mol. The van der Waals surface area contributed by atoms with Gasteiger partial charge in [-0.15, -0.1) is 11.6 Å². The van der Waals surface area contributed by atoms with Crippen LogP contribution in [0, 0.1) is 0 Å². The van der Waals surface area contributed by atoms with E-state index in [1.807, 2.05) is 6.92 Å². The molecule has 1 amide bonds. The fraction of sp³-hybridized carbons (Fsp3) is 0.609. The van der Waals surface area contributed by atoms with E-state index >= 15 is 0 Å². The number of halogens is 2. The number of carbonyl (C=O) groups is 3. The van der Waals surface area contributed by atoms with Gasteiger partial charge in [0.25, 0.3) is 10.2 Å². The first-order chi connectivity index (χ1) is 14.7. The number of esters is 2. The molecule has 1 N–H and O–H groups in total. The number of amides is 1. The van der Waals surface area contributed by atoms with Crippen LogP contribution in [0.3, 0.4) is 0 Å². The molecule has 0 fully saturated rings. The van der Waals surface area contributed by atoms with Crippen LogP contribution < -0.4 is 5.32 Å². The Morgan fingerprint density at radius 1 is 1.03 bits per heavy atom. The molecular weight excluding hydrogens is 486 g/mol. The first-order valence-electron chi connectivity index (χ1n) is 10.7. The fourth-order valence-electron chi connectivity index (χ4n) is 3.03. The Bertz CT molecular complexity index is 700. The molecule has 0 bridgehead atoms. The summed E-state index contributed by atoms with van der Waals surface area (Å²) < 4.78 is 8.08.